The molecule has 0 aliphatic rings. The summed E-state index contributed by atoms with van der Waals surface area (Å²) in [5.74, 6) is -0.113. The Morgan fingerprint density at radius 2 is 2.00 bits per heavy atom. The van der Waals surface area contributed by atoms with E-state index < -0.39 is 0 Å². The Morgan fingerprint density at radius 1 is 1.32 bits per heavy atom. The Hall–Kier alpha value is -1.46. The molecule has 0 saturated heterocycles. The van der Waals surface area contributed by atoms with Gasteiger partial charge in [-0.15, -0.1) is 10.2 Å². The van der Waals surface area contributed by atoms with Crippen LogP contribution in [0.15, 0.2) is 24.3 Å². The van der Waals surface area contributed by atoms with Crippen LogP contribution in [0.4, 0.5) is 5.13 Å². The third-order valence-electron chi connectivity index (χ3n) is 2.49. The van der Waals surface area contributed by atoms with E-state index in [2.05, 4.69) is 15.5 Å². The van der Waals surface area contributed by atoms with Crippen LogP contribution >= 0.6 is 22.9 Å². The molecule has 0 saturated carbocycles. The van der Waals surface area contributed by atoms with Gasteiger partial charge in [0, 0.05) is 17.4 Å². The van der Waals surface area contributed by atoms with E-state index in [1.807, 2.05) is 38.1 Å². The summed E-state index contributed by atoms with van der Waals surface area (Å²) in [6.07, 6.45) is 0.687. The first kappa shape index (κ1) is 14.0. The zero-order valence-electron chi connectivity index (χ0n) is 10.7. The Bertz CT molecular complexity index is 566. The molecule has 1 heterocycles. The standard InChI is InChI=1S/C13H14ClN3OS/c1-8(2)12(18)15-13-17-16-11(19-13)7-9-3-5-10(14)6-4-9/h3-6,8H,7H2,1-2H3,(H,15,17,18). The largest absolute Gasteiger partial charge is 0.300 e. The van der Waals surface area contributed by atoms with Crippen LogP contribution < -0.4 is 5.32 Å². The highest BCUT2D eigenvalue weighted by atomic mass is 35.5. The van der Waals surface area contributed by atoms with Crippen molar-refractivity contribution in [2.75, 3.05) is 5.32 Å². The molecule has 1 amide bonds. The van der Waals surface area contributed by atoms with E-state index in [0.717, 1.165) is 10.6 Å². The lowest BCUT2D eigenvalue weighted by Gasteiger charge is -2.02. The lowest BCUT2D eigenvalue weighted by atomic mass is 10.2. The third-order valence-corrected chi connectivity index (χ3v) is 3.58. The number of halogens is 1. The van der Waals surface area contributed by atoms with Gasteiger partial charge in [0.2, 0.25) is 11.0 Å². The minimum Gasteiger partial charge on any atom is -0.300 e. The summed E-state index contributed by atoms with van der Waals surface area (Å²) in [6, 6.07) is 7.60. The van der Waals surface area contributed by atoms with E-state index in [4.69, 9.17) is 11.6 Å². The molecule has 0 spiro atoms. The Kier molecular flexibility index (Phi) is 4.50. The van der Waals surface area contributed by atoms with Crippen LogP contribution in [0, 0.1) is 5.92 Å². The number of rotatable bonds is 4. The molecule has 19 heavy (non-hydrogen) atoms. The smallest absolute Gasteiger partial charge is 0.228 e. The van der Waals surface area contributed by atoms with Crippen molar-refractivity contribution in [2.24, 2.45) is 5.92 Å². The number of hydrogen-bond acceptors (Lipinski definition) is 4. The van der Waals surface area contributed by atoms with Gasteiger partial charge in [0.15, 0.2) is 0 Å². The van der Waals surface area contributed by atoms with Gasteiger partial charge in [0.05, 0.1) is 0 Å². The molecule has 0 bridgehead atoms. The maximum absolute atomic E-state index is 11.5. The maximum Gasteiger partial charge on any atom is 0.228 e. The summed E-state index contributed by atoms with van der Waals surface area (Å²) < 4.78 is 0. The van der Waals surface area contributed by atoms with Crippen molar-refractivity contribution in [2.45, 2.75) is 20.3 Å². The second-order valence-corrected chi connectivity index (χ2v) is 5.95. The maximum atomic E-state index is 11.5. The van der Waals surface area contributed by atoms with E-state index in [9.17, 15) is 4.79 Å². The van der Waals surface area contributed by atoms with Gasteiger partial charge in [0.1, 0.15) is 5.01 Å². The number of nitrogens with zero attached hydrogens (tertiary/aromatic N) is 2. The first-order valence-corrected chi connectivity index (χ1v) is 7.11. The molecule has 0 unspecified atom stereocenters. The zero-order chi connectivity index (χ0) is 13.8. The molecule has 100 valence electrons. The summed E-state index contributed by atoms with van der Waals surface area (Å²) in [5, 5.41) is 12.9. The molecular formula is C13H14ClN3OS. The molecule has 2 aromatic rings. The Labute approximate surface area is 120 Å². The molecule has 0 aliphatic carbocycles. The van der Waals surface area contributed by atoms with E-state index in [0.29, 0.717) is 16.6 Å². The molecule has 1 aromatic carbocycles. The second kappa shape index (κ2) is 6.12. The summed E-state index contributed by atoms with van der Waals surface area (Å²) >= 11 is 7.22. The monoisotopic (exact) mass is 295 g/mol. The van der Waals surface area contributed by atoms with Gasteiger partial charge in [-0.3, -0.25) is 4.79 Å². The van der Waals surface area contributed by atoms with E-state index in [1.54, 1.807) is 0 Å². The molecule has 0 aliphatic heterocycles. The minimum absolute atomic E-state index is 0.0470. The van der Waals surface area contributed by atoms with E-state index in [-0.39, 0.29) is 11.8 Å². The average Bonchev–Trinajstić information content (AvgIpc) is 2.79. The highest BCUT2D eigenvalue weighted by Crippen LogP contribution is 2.20. The van der Waals surface area contributed by atoms with Crippen LogP contribution in [0.25, 0.3) is 0 Å². The summed E-state index contributed by atoms with van der Waals surface area (Å²) in [5.41, 5.74) is 1.11. The number of hydrogen-bond donors (Lipinski definition) is 1. The van der Waals surface area contributed by atoms with Gasteiger partial charge < -0.3 is 5.32 Å². The highest BCUT2D eigenvalue weighted by molar-refractivity contribution is 7.15. The second-order valence-electron chi connectivity index (χ2n) is 4.45. The SMILES string of the molecule is CC(C)C(=O)Nc1nnc(Cc2ccc(Cl)cc2)s1. The fourth-order valence-electron chi connectivity index (χ4n) is 1.40. The lowest BCUT2D eigenvalue weighted by Crippen LogP contribution is -2.17. The number of amides is 1. The van der Waals surface area contributed by atoms with Gasteiger partial charge in [-0.2, -0.15) is 0 Å². The molecule has 2 rings (SSSR count). The van der Waals surface area contributed by atoms with Crippen LogP contribution in [0.5, 0.6) is 0 Å². The third kappa shape index (κ3) is 4.01. The fourth-order valence-corrected chi connectivity index (χ4v) is 2.31. The number of carbonyl (C=O) groups is 1. The Morgan fingerprint density at radius 3 is 2.63 bits per heavy atom. The molecule has 0 atom stereocenters. The van der Waals surface area contributed by atoms with E-state index in [1.165, 1.54) is 11.3 Å². The van der Waals surface area contributed by atoms with Crippen molar-refractivity contribution in [3.05, 3.63) is 39.9 Å². The van der Waals surface area contributed by atoms with Crippen LogP contribution in [0.3, 0.4) is 0 Å². The topological polar surface area (TPSA) is 54.9 Å². The quantitative estimate of drug-likeness (QED) is 0.941. The summed E-state index contributed by atoms with van der Waals surface area (Å²) in [7, 11) is 0. The molecule has 1 N–H and O–H groups in total. The van der Waals surface area contributed by atoms with E-state index >= 15 is 0 Å². The number of anilines is 1. The summed E-state index contributed by atoms with van der Waals surface area (Å²) in [4.78, 5) is 11.5. The predicted molar refractivity (Wildman–Crippen MR) is 77.6 cm³/mol. The van der Waals surface area contributed by atoms with Crippen LogP contribution in [-0.4, -0.2) is 16.1 Å². The van der Waals surface area contributed by atoms with Gasteiger partial charge in [-0.05, 0) is 17.7 Å². The summed E-state index contributed by atoms with van der Waals surface area (Å²) in [6.45, 7) is 3.68. The number of nitrogens with one attached hydrogen (secondary N) is 1. The minimum atomic E-state index is -0.0661. The molecule has 6 heteroatoms. The van der Waals surface area contributed by atoms with Crippen molar-refractivity contribution in [1.82, 2.24) is 10.2 Å². The van der Waals surface area contributed by atoms with Gasteiger partial charge in [-0.1, -0.05) is 48.9 Å². The molecule has 0 fully saturated rings. The van der Waals surface area contributed by atoms with Crippen molar-refractivity contribution < 1.29 is 4.79 Å². The molecule has 1 aromatic heterocycles. The van der Waals surface area contributed by atoms with Crippen molar-refractivity contribution in [3.8, 4) is 0 Å². The van der Waals surface area contributed by atoms with Crippen molar-refractivity contribution in [1.29, 1.82) is 0 Å². The van der Waals surface area contributed by atoms with Crippen LogP contribution in [0.1, 0.15) is 24.4 Å². The zero-order valence-corrected chi connectivity index (χ0v) is 12.3. The number of aromatic nitrogens is 2. The first-order chi connectivity index (χ1) is 9.04. The fraction of sp³-hybridized carbons (Fsp3) is 0.308. The van der Waals surface area contributed by atoms with Crippen LogP contribution in [0.2, 0.25) is 5.02 Å². The number of benzene rings is 1. The van der Waals surface area contributed by atoms with Gasteiger partial charge >= 0.3 is 0 Å². The lowest BCUT2D eigenvalue weighted by molar-refractivity contribution is -0.118. The highest BCUT2D eigenvalue weighted by Gasteiger charge is 2.11. The number of carbonyl (C=O) groups excluding carboxylic acids is 1. The Balaban J connectivity index is 2.01. The molecule has 0 radical (unpaired) electrons. The van der Waals surface area contributed by atoms with Gasteiger partial charge in [0.25, 0.3) is 0 Å². The average molecular weight is 296 g/mol. The first-order valence-electron chi connectivity index (χ1n) is 5.92. The van der Waals surface area contributed by atoms with Crippen LogP contribution in [-0.2, 0) is 11.2 Å². The normalized spacial score (nSPS) is 10.7. The van der Waals surface area contributed by atoms with Crippen molar-refractivity contribution >= 4 is 34.0 Å². The molecular weight excluding hydrogens is 282 g/mol. The van der Waals surface area contributed by atoms with Crippen molar-refractivity contribution in [3.63, 3.8) is 0 Å². The van der Waals surface area contributed by atoms with Gasteiger partial charge in [-0.25, -0.2) is 0 Å². The predicted octanol–water partition coefficient (Wildman–Crippen LogP) is 3.38. The molecule has 4 nitrogen and oxygen atoms in total.